The van der Waals surface area contributed by atoms with Gasteiger partial charge in [-0.2, -0.15) is 0 Å². The van der Waals surface area contributed by atoms with E-state index in [2.05, 4.69) is 0 Å². The van der Waals surface area contributed by atoms with E-state index in [1.807, 2.05) is 0 Å². The first-order valence-corrected chi connectivity index (χ1v) is 11.2. The van der Waals surface area contributed by atoms with Crippen molar-refractivity contribution in [1.29, 1.82) is 0 Å². The van der Waals surface area contributed by atoms with Gasteiger partial charge in [0.25, 0.3) is 5.91 Å². The number of amides is 1. The highest BCUT2D eigenvalue weighted by Crippen LogP contribution is 2.24. The van der Waals surface area contributed by atoms with Crippen LogP contribution in [-0.4, -0.2) is 65.0 Å². The number of nitrogens with zero attached hydrogens (tertiary/aromatic N) is 1. The molecule has 3 N–H and O–H groups in total. The summed E-state index contributed by atoms with van der Waals surface area (Å²) >= 11 is 12.4. The van der Waals surface area contributed by atoms with Crippen LogP contribution in [0.2, 0.25) is 10.0 Å². The summed E-state index contributed by atoms with van der Waals surface area (Å²) in [6.07, 6.45) is 0.211. The van der Waals surface area contributed by atoms with E-state index in [4.69, 9.17) is 32.5 Å². The molecule has 2 heterocycles. The molecule has 13 heteroatoms. The van der Waals surface area contributed by atoms with Gasteiger partial charge in [-0.25, -0.2) is 0 Å². The van der Waals surface area contributed by atoms with Gasteiger partial charge < -0.3 is 29.4 Å². The molecule has 9 nitrogen and oxygen atoms in total. The Balaban J connectivity index is 1.45. The topological polar surface area (TPSA) is 134 Å². The van der Waals surface area contributed by atoms with Gasteiger partial charge in [-0.05, 0) is 46.7 Å². The molecule has 176 valence electrons. The van der Waals surface area contributed by atoms with Crippen LogP contribution in [0.1, 0.15) is 44.7 Å². The zero-order valence-corrected chi connectivity index (χ0v) is 19.3. The molecule has 0 aromatic heterocycles. The lowest BCUT2D eigenvalue weighted by Gasteiger charge is -2.21. The number of hydrogen-bond donors (Lipinski definition) is 3. The normalized spacial score (nSPS) is 14.2. The van der Waals surface area contributed by atoms with E-state index in [1.54, 1.807) is 0 Å². The Hall–Kier alpha value is -2.40. The van der Waals surface area contributed by atoms with Crippen molar-refractivity contribution >= 4 is 66.0 Å². The average molecular weight is 506 g/mol. The second kappa shape index (κ2) is 10.1. The number of Topliss-reactive ketones (excluding diaryl/α,β-unsaturated/α-hetero) is 1. The number of rotatable bonds is 8. The van der Waals surface area contributed by atoms with Crippen LogP contribution in [0, 0.1) is 0 Å². The molecule has 2 aliphatic rings. The molecular weight excluding hydrogens is 487 g/mol. The third-order valence-corrected chi connectivity index (χ3v) is 6.45. The highest BCUT2D eigenvalue weighted by Gasteiger charge is 2.32. The highest BCUT2D eigenvalue weighted by molar-refractivity contribution is 6.62. The van der Waals surface area contributed by atoms with Gasteiger partial charge in [-0.3, -0.25) is 14.4 Å². The zero-order chi connectivity index (χ0) is 24.6. The predicted octanol–water partition coefficient (Wildman–Crippen LogP) is 0.619. The summed E-state index contributed by atoms with van der Waals surface area (Å²) in [6, 6.07) is 5.87. The molecule has 2 aromatic carbocycles. The Morgan fingerprint density at radius 2 is 1.44 bits per heavy atom. The number of carboxylic acid groups (broad SMARTS) is 1. The van der Waals surface area contributed by atoms with E-state index < -0.39 is 32.7 Å². The van der Waals surface area contributed by atoms with Crippen molar-refractivity contribution in [3.8, 4) is 0 Å². The minimum absolute atomic E-state index is 0.00492. The van der Waals surface area contributed by atoms with Crippen molar-refractivity contribution in [2.75, 3.05) is 13.1 Å². The first-order valence-electron chi connectivity index (χ1n) is 10.4. The largest absolute Gasteiger partial charge is 0.491 e. The van der Waals surface area contributed by atoms with Crippen LogP contribution in [0.3, 0.4) is 0 Å². The standard InChI is InChI=1S/C21H19B2Cl2NO8/c24-17-6-11(4-15-13(17)9-33-22(15)31)19(27)2-1-3-26(8-20(28)29)21(30)12-5-16-14(18(25)7-12)10-34-23(16)32/h4-7,31-32H,1-3,8-10H2,(H,28,29). The fourth-order valence-corrected chi connectivity index (χ4v) is 4.58. The summed E-state index contributed by atoms with van der Waals surface area (Å²) in [4.78, 5) is 38.2. The summed E-state index contributed by atoms with van der Waals surface area (Å²) in [5, 5.41) is 29.6. The van der Waals surface area contributed by atoms with Gasteiger partial charge in [0.1, 0.15) is 6.54 Å². The fourth-order valence-electron chi connectivity index (χ4n) is 4.02. The van der Waals surface area contributed by atoms with Gasteiger partial charge >= 0.3 is 20.2 Å². The monoisotopic (exact) mass is 505 g/mol. The molecule has 0 unspecified atom stereocenters. The maximum atomic E-state index is 13.0. The number of halogens is 2. The molecule has 34 heavy (non-hydrogen) atoms. The molecule has 2 aromatic rings. The number of benzene rings is 2. The quantitative estimate of drug-likeness (QED) is 0.351. The molecule has 0 atom stereocenters. The van der Waals surface area contributed by atoms with Gasteiger partial charge in [0.2, 0.25) is 0 Å². The molecule has 0 fully saturated rings. The predicted molar refractivity (Wildman–Crippen MR) is 125 cm³/mol. The van der Waals surface area contributed by atoms with E-state index in [9.17, 15) is 29.5 Å². The molecule has 0 aliphatic carbocycles. The second-order valence-electron chi connectivity index (χ2n) is 8.03. The van der Waals surface area contributed by atoms with Crippen molar-refractivity contribution in [2.45, 2.75) is 26.1 Å². The van der Waals surface area contributed by atoms with Crippen molar-refractivity contribution in [3.63, 3.8) is 0 Å². The first-order chi connectivity index (χ1) is 16.2. The molecule has 4 rings (SSSR count). The zero-order valence-electron chi connectivity index (χ0n) is 17.8. The van der Waals surface area contributed by atoms with Crippen LogP contribution in [0.4, 0.5) is 0 Å². The molecule has 0 radical (unpaired) electrons. The SMILES string of the molecule is O=C(O)CN(CCCC(=O)c1cc(Cl)c2c(c1)B(O)OC2)C(=O)c1cc(Cl)c2c(c1)B(O)OC2. The van der Waals surface area contributed by atoms with Gasteiger partial charge in [-0.1, -0.05) is 29.3 Å². The third kappa shape index (κ3) is 5.00. The lowest BCUT2D eigenvalue weighted by atomic mass is 9.78. The Morgan fingerprint density at radius 3 is 2.00 bits per heavy atom. The van der Waals surface area contributed by atoms with Crippen molar-refractivity contribution in [1.82, 2.24) is 4.90 Å². The Kier molecular flexibility index (Phi) is 7.32. The van der Waals surface area contributed by atoms with Crippen LogP contribution in [0.15, 0.2) is 24.3 Å². The molecule has 2 aliphatic heterocycles. The number of hydrogen-bond acceptors (Lipinski definition) is 7. The summed E-state index contributed by atoms with van der Waals surface area (Å²) in [6.45, 7) is -0.309. The molecule has 0 spiro atoms. The van der Waals surface area contributed by atoms with Crippen LogP contribution < -0.4 is 10.9 Å². The Bertz CT molecular complexity index is 1180. The number of carboxylic acids is 1. The van der Waals surface area contributed by atoms with Crippen molar-refractivity contribution < 1.29 is 38.8 Å². The van der Waals surface area contributed by atoms with Crippen LogP contribution >= 0.6 is 23.2 Å². The fraction of sp³-hybridized carbons (Fsp3) is 0.286. The molecule has 0 saturated carbocycles. The first kappa shape index (κ1) is 24.7. The maximum absolute atomic E-state index is 13.0. The van der Waals surface area contributed by atoms with Crippen LogP contribution in [0.5, 0.6) is 0 Å². The van der Waals surface area contributed by atoms with Gasteiger partial charge in [0.05, 0.1) is 13.2 Å². The third-order valence-electron chi connectivity index (χ3n) is 5.78. The number of carbonyl (C=O) groups is 3. The van der Waals surface area contributed by atoms with Gasteiger partial charge in [-0.15, -0.1) is 0 Å². The summed E-state index contributed by atoms with van der Waals surface area (Å²) in [7, 11) is -2.36. The minimum atomic E-state index is -1.21. The van der Waals surface area contributed by atoms with E-state index in [0.717, 1.165) is 4.90 Å². The maximum Gasteiger partial charge on any atom is 0.491 e. The molecular formula is C21H19B2Cl2NO8. The summed E-state index contributed by atoms with van der Waals surface area (Å²) in [5.74, 6) is -2.08. The minimum Gasteiger partial charge on any atom is -0.480 e. The molecule has 0 bridgehead atoms. The molecule has 1 amide bonds. The van der Waals surface area contributed by atoms with E-state index in [-0.39, 0.29) is 49.0 Å². The number of carbonyl (C=O) groups excluding carboxylic acids is 2. The Labute approximate surface area is 205 Å². The molecule has 0 saturated heterocycles. The Morgan fingerprint density at radius 1 is 0.912 bits per heavy atom. The van der Waals surface area contributed by atoms with Crippen molar-refractivity contribution in [3.05, 3.63) is 56.6 Å². The highest BCUT2D eigenvalue weighted by atomic mass is 35.5. The number of fused-ring (bicyclic) bond motifs is 2. The lowest BCUT2D eigenvalue weighted by Crippen LogP contribution is -2.38. The average Bonchev–Trinajstić information content (AvgIpc) is 3.35. The van der Waals surface area contributed by atoms with Gasteiger partial charge in [0, 0.05) is 34.1 Å². The lowest BCUT2D eigenvalue weighted by molar-refractivity contribution is -0.137. The van der Waals surface area contributed by atoms with E-state index >= 15 is 0 Å². The van der Waals surface area contributed by atoms with E-state index in [1.165, 1.54) is 24.3 Å². The van der Waals surface area contributed by atoms with Crippen LogP contribution in [-0.2, 0) is 27.3 Å². The number of ketones is 1. The van der Waals surface area contributed by atoms with Crippen LogP contribution in [0.25, 0.3) is 0 Å². The van der Waals surface area contributed by atoms with Gasteiger partial charge in [0.15, 0.2) is 5.78 Å². The van der Waals surface area contributed by atoms with E-state index in [0.29, 0.717) is 32.6 Å². The van der Waals surface area contributed by atoms with Crippen molar-refractivity contribution in [2.24, 2.45) is 0 Å². The summed E-state index contributed by atoms with van der Waals surface area (Å²) in [5.41, 5.74) is 2.42. The number of aliphatic carboxylic acids is 1. The summed E-state index contributed by atoms with van der Waals surface area (Å²) < 4.78 is 10.2. The smallest absolute Gasteiger partial charge is 0.480 e. The second-order valence-corrected chi connectivity index (χ2v) is 8.84.